The van der Waals surface area contributed by atoms with Gasteiger partial charge in [-0.05, 0) is 38.5 Å². The highest BCUT2D eigenvalue weighted by Gasteiger charge is 2.17. The lowest BCUT2D eigenvalue weighted by Crippen LogP contribution is -2.36. The molecule has 0 fully saturated rings. The topological polar surface area (TPSA) is 84.2 Å². The lowest BCUT2D eigenvalue weighted by Gasteiger charge is -2.18. The summed E-state index contributed by atoms with van der Waals surface area (Å²) in [5.74, 6) is -0.292. The second-order valence-electron chi connectivity index (χ2n) is 5.42. The predicted octanol–water partition coefficient (Wildman–Crippen LogP) is 2.02. The number of rotatable bonds is 4. The Labute approximate surface area is 113 Å². The van der Waals surface area contributed by atoms with Crippen molar-refractivity contribution in [3.05, 3.63) is 23.8 Å². The van der Waals surface area contributed by atoms with Crippen molar-refractivity contribution >= 4 is 23.2 Å². The Kier molecular flexibility index (Phi) is 4.67. The first kappa shape index (κ1) is 15.2. The lowest BCUT2D eigenvalue weighted by atomic mass is 10.0. The largest absolute Gasteiger partial charge is 0.326 e. The Morgan fingerprint density at radius 1 is 1.26 bits per heavy atom. The van der Waals surface area contributed by atoms with E-state index in [1.54, 1.807) is 26.0 Å². The van der Waals surface area contributed by atoms with Crippen LogP contribution in [0.4, 0.5) is 11.4 Å². The van der Waals surface area contributed by atoms with Gasteiger partial charge in [0.15, 0.2) is 0 Å². The van der Waals surface area contributed by atoms with Gasteiger partial charge in [0, 0.05) is 30.3 Å². The molecule has 0 unspecified atom stereocenters. The minimum absolute atomic E-state index is 0.143. The number of nitrogens with two attached hydrogens (primary N) is 1. The van der Waals surface area contributed by atoms with Crippen molar-refractivity contribution < 1.29 is 9.59 Å². The van der Waals surface area contributed by atoms with Crippen molar-refractivity contribution in [2.45, 2.75) is 39.7 Å². The summed E-state index contributed by atoms with van der Waals surface area (Å²) >= 11 is 0. The number of hydrogen-bond donors (Lipinski definition) is 3. The maximum atomic E-state index is 11.8. The van der Waals surface area contributed by atoms with Gasteiger partial charge in [-0.25, -0.2) is 0 Å². The molecule has 0 spiro atoms. The molecule has 5 heteroatoms. The van der Waals surface area contributed by atoms with Crippen molar-refractivity contribution in [1.82, 2.24) is 0 Å². The highest BCUT2D eigenvalue weighted by molar-refractivity contribution is 5.94. The lowest BCUT2D eigenvalue weighted by molar-refractivity contribution is -0.117. The molecule has 2 amide bonds. The number of anilines is 2. The molecule has 0 aliphatic rings. The van der Waals surface area contributed by atoms with Crippen LogP contribution in [0.2, 0.25) is 0 Å². The molecule has 0 heterocycles. The summed E-state index contributed by atoms with van der Waals surface area (Å²) in [5, 5.41) is 5.49. The van der Waals surface area contributed by atoms with Gasteiger partial charge in [0.25, 0.3) is 0 Å². The SMILES string of the molecule is CC(=O)Nc1ccc(C)c(NC(=O)CC(C)(C)N)c1. The van der Waals surface area contributed by atoms with Gasteiger partial charge in [-0.3, -0.25) is 9.59 Å². The van der Waals surface area contributed by atoms with E-state index in [9.17, 15) is 9.59 Å². The van der Waals surface area contributed by atoms with Crippen LogP contribution in [0.5, 0.6) is 0 Å². The third kappa shape index (κ3) is 5.52. The van der Waals surface area contributed by atoms with Crippen LogP contribution < -0.4 is 16.4 Å². The molecule has 0 aromatic heterocycles. The van der Waals surface area contributed by atoms with E-state index in [1.807, 2.05) is 13.0 Å². The highest BCUT2D eigenvalue weighted by atomic mass is 16.2. The number of amides is 2. The molecule has 0 saturated heterocycles. The summed E-state index contributed by atoms with van der Waals surface area (Å²) < 4.78 is 0. The van der Waals surface area contributed by atoms with Crippen LogP contribution in [0.1, 0.15) is 32.8 Å². The van der Waals surface area contributed by atoms with E-state index >= 15 is 0 Å². The number of carbonyl (C=O) groups is 2. The smallest absolute Gasteiger partial charge is 0.226 e. The molecule has 1 aromatic rings. The molecule has 19 heavy (non-hydrogen) atoms. The molecule has 1 aromatic carbocycles. The number of carbonyl (C=O) groups excluding carboxylic acids is 2. The molecule has 0 bridgehead atoms. The van der Waals surface area contributed by atoms with Crippen molar-refractivity contribution in [2.75, 3.05) is 10.6 Å². The fraction of sp³-hybridized carbons (Fsp3) is 0.429. The van der Waals surface area contributed by atoms with E-state index in [1.165, 1.54) is 6.92 Å². The second kappa shape index (κ2) is 5.84. The molecule has 5 nitrogen and oxygen atoms in total. The van der Waals surface area contributed by atoms with Crippen LogP contribution >= 0.6 is 0 Å². The Morgan fingerprint density at radius 2 is 1.89 bits per heavy atom. The van der Waals surface area contributed by atoms with Gasteiger partial charge in [-0.1, -0.05) is 6.07 Å². The minimum atomic E-state index is -0.548. The summed E-state index contributed by atoms with van der Waals surface area (Å²) in [6.45, 7) is 6.93. The first-order chi connectivity index (χ1) is 8.67. The maximum Gasteiger partial charge on any atom is 0.226 e. The van der Waals surface area contributed by atoms with E-state index < -0.39 is 5.54 Å². The first-order valence-electron chi connectivity index (χ1n) is 6.14. The standard InChI is InChI=1S/C14H21N3O2/c1-9-5-6-11(16-10(2)18)7-12(9)17-13(19)8-14(3,4)15/h5-7H,8,15H2,1-4H3,(H,16,18)(H,17,19). The number of hydrogen-bond acceptors (Lipinski definition) is 3. The Hall–Kier alpha value is -1.88. The zero-order valence-corrected chi connectivity index (χ0v) is 11.8. The van der Waals surface area contributed by atoms with Gasteiger partial charge in [-0.15, -0.1) is 0 Å². The summed E-state index contributed by atoms with van der Waals surface area (Å²) in [7, 11) is 0. The van der Waals surface area contributed by atoms with Gasteiger partial charge in [0.2, 0.25) is 11.8 Å². The van der Waals surface area contributed by atoms with Crippen LogP contribution in [0.3, 0.4) is 0 Å². The Balaban J connectivity index is 2.82. The molecular formula is C14H21N3O2. The van der Waals surface area contributed by atoms with E-state index in [0.717, 1.165) is 5.56 Å². The normalized spacial score (nSPS) is 11.0. The maximum absolute atomic E-state index is 11.8. The van der Waals surface area contributed by atoms with Crippen LogP contribution in [0.15, 0.2) is 18.2 Å². The fourth-order valence-electron chi connectivity index (χ4n) is 1.65. The fourth-order valence-corrected chi connectivity index (χ4v) is 1.65. The average molecular weight is 263 g/mol. The van der Waals surface area contributed by atoms with Crippen molar-refractivity contribution in [3.63, 3.8) is 0 Å². The molecule has 1 rings (SSSR count). The molecule has 0 saturated carbocycles. The highest BCUT2D eigenvalue weighted by Crippen LogP contribution is 2.21. The van der Waals surface area contributed by atoms with Gasteiger partial charge in [-0.2, -0.15) is 0 Å². The molecule has 104 valence electrons. The summed E-state index contributed by atoms with van der Waals surface area (Å²) in [6.07, 6.45) is 0.233. The zero-order chi connectivity index (χ0) is 14.6. The van der Waals surface area contributed by atoms with Gasteiger partial charge in [0.1, 0.15) is 0 Å². The third-order valence-corrected chi connectivity index (χ3v) is 2.45. The first-order valence-corrected chi connectivity index (χ1v) is 6.14. The van der Waals surface area contributed by atoms with Crippen LogP contribution in [0, 0.1) is 6.92 Å². The number of benzene rings is 1. The Morgan fingerprint density at radius 3 is 2.42 bits per heavy atom. The van der Waals surface area contributed by atoms with Crippen LogP contribution in [-0.4, -0.2) is 17.4 Å². The molecule has 0 aliphatic heterocycles. The molecule has 0 aliphatic carbocycles. The quantitative estimate of drug-likeness (QED) is 0.777. The molecule has 0 radical (unpaired) electrons. The Bertz CT molecular complexity index is 490. The van der Waals surface area contributed by atoms with Crippen LogP contribution in [0.25, 0.3) is 0 Å². The van der Waals surface area contributed by atoms with Gasteiger partial charge >= 0.3 is 0 Å². The summed E-state index contributed by atoms with van der Waals surface area (Å²) in [5.41, 5.74) is 7.52. The van der Waals surface area contributed by atoms with Crippen molar-refractivity contribution in [2.24, 2.45) is 5.73 Å². The van der Waals surface area contributed by atoms with E-state index in [2.05, 4.69) is 10.6 Å². The second-order valence-corrected chi connectivity index (χ2v) is 5.42. The van der Waals surface area contributed by atoms with Crippen molar-refractivity contribution in [1.29, 1.82) is 0 Å². The van der Waals surface area contributed by atoms with E-state index in [-0.39, 0.29) is 18.2 Å². The van der Waals surface area contributed by atoms with Gasteiger partial charge in [0.05, 0.1) is 0 Å². The third-order valence-electron chi connectivity index (χ3n) is 2.45. The summed E-state index contributed by atoms with van der Waals surface area (Å²) in [6, 6.07) is 5.37. The van der Waals surface area contributed by atoms with E-state index in [0.29, 0.717) is 11.4 Å². The van der Waals surface area contributed by atoms with E-state index in [4.69, 9.17) is 5.73 Å². The van der Waals surface area contributed by atoms with Crippen LogP contribution in [-0.2, 0) is 9.59 Å². The average Bonchev–Trinajstić information content (AvgIpc) is 2.19. The monoisotopic (exact) mass is 263 g/mol. The predicted molar refractivity (Wildman–Crippen MR) is 77.0 cm³/mol. The number of aryl methyl sites for hydroxylation is 1. The molecule has 4 N–H and O–H groups in total. The van der Waals surface area contributed by atoms with Crippen molar-refractivity contribution in [3.8, 4) is 0 Å². The zero-order valence-electron chi connectivity index (χ0n) is 11.8. The van der Waals surface area contributed by atoms with Gasteiger partial charge < -0.3 is 16.4 Å². The minimum Gasteiger partial charge on any atom is -0.326 e. The molecule has 0 atom stereocenters. The molecular weight excluding hydrogens is 242 g/mol. The summed E-state index contributed by atoms with van der Waals surface area (Å²) in [4.78, 5) is 22.8. The number of nitrogens with one attached hydrogen (secondary N) is 2.